The van der Waals surface area contributed by atoms with Crippen LogP contribution in [0.2, 0.25) is 0 Å². The molecule has 0 unspecified atom stereocenters. The highest BCUT2D eigenvalue weighted by Gasteiger charge is 2.27. The minimum atomic E-state index is -3.58. The van der Waals surface area contributed by atoms with Gasteiger partial charge in [0.1, 0.15) is 6.33 Å². The number of amides is 1. The summed E-state index contributed by atoms with van der Waals surface area (Å²) in [5.41, 5.74) is 0. The van der Waals surface area contributed by atoms with E-state index in [9.17, 15) is 13.2 Å². The van der Waals surface area contributed by atoms with Gasteiger partial charge in [0, 0.05) is 13.1 Å². The number of rotatable bonds is 7. The molecular formula is C16H24N4O3S. The molecule has 1 aromatic heterocycles. The van der Waals surface area contributed by atoms with Crippen LogP contribution in [0, 0.1) is 5.92 Å². The third-order valence-corrected chi connectivity index (χ3v) is 5.75. The van der Waals surface area contributed by atoms with Gasteiger partial charge in [-0.25, -0.2) is 18.2 Å². The number of carbonyl (C=O) groups excluding carboxylic acids is 1. The summed E-state index contributed by atoms with van der Waals surface area (Å²) in [7, 11) is -3.58. The first-order valence-corrected chi connectivity index (χ1v) is 9.78. The molecule has 0 aliphatic heterocycles. The Balaban J connectivity index is 2.11. The van der Waals surface area contributed by atoms with Gasteiger partial charge in [-0.1, -0.05) is 31.4 Å². The molecule has 0 saturated heterocycles. The number of hydrogen-bond donors (Lipinski definition) is 0. The predicted octanol–water partition coefficient (Wildman–Crippen LogP) is 2.27. The highest BCUT2D eigenvalue weighted by atomic mass is 32.2. The monoisotopic (exact) mass is 352 g/mol. The van der Waals surface area contributed by atoms with Crippen LogP contribution >= 0.6 is 0 Å². The van der Waals surface area contributed by atoms with Crippen LogP contribution in [-0.4, -0.2) is 53.0 Å². The Labute approximate surface area is 143 Å². The highest BCUT2D eigenvalue weighted by molar-refractivity contribution is 7.91. The molecule has 0 atom stereocenters. The maximum Gasteiger partial charge on any atom is 0.346 e. The van der Waals surface area contributed by atoms with Gasteiger partial charge in [0.15, 0.2) is 0 Å². The van der Waals surface area contributed by atoms with Gasteiger partial charge < -0.3 is 4.90 Å². The van der Waals surface area contributed by atoms with Crippen molar-refractivity contribution in [1.29, 1.82) is 0 Å². The SMILES string of the molecule is C=CCN(CC=C)C(=O)n1cnc(S(=O)(=O)CC2CCCCC2)n1. The van der Waals surface area contributed by atoms with Gasteiger partial charge in [-0.2, -0.15) is 4.68 Å². The van der Waals surface area contributed by atoms with Crippen LogP contribution in [0.1, 0.15) is 32.1 Å². The Morgan fingerprint density at radius 3 is 2.46 bits per heavy atom. The lowest BCUT2D eigenvalue weighted by atomic mass is 9.91. The van der Waals surface area contributed by atoms with E-state index in [2.05, 4.69) is 23.2 Å². The van der Waals surface area contributed by atoms with Crippen molar-refractivity contribution >= 4 is 15.9 Å². The average Bonchev–Trinajstić information content (AvgIpc) is 3.05. The molecule has 24 heavy (non-hydrogen) atoms. The van der Waals surface area contributed by atoms with Crippen LogP contribution in [0.4, 0.5) is 4.79 Å². The lowest BCUT2D eigenvalue weighted by molar-refractivity contribution is 0.206. The average molecular weight is 352 g/mol. The third-order valence-electron chi connectivity index (χ3n) is 4.09. The molecule has 0 N–H and O–H groups in total. The Kier molecular flexibility index (Phi) is 6.30. The molecule has 0 radical (unpaired) electrons. The normalized spacial score (nSPS) is 15.8. The Hall–Kier alpha value is -1.96. The topological polar surface area (TPSA) is 85.2 Å². The summed E-state index contributed by atoms with van der Waals surface area (Å²) in [4.78, 5) is 17.6. The van der Waals surface area contributed by atoms with E-state index in [-0.39, 0.29) is 16.8 Å². The van der Waals surface area contributed by atoms with Crippen LogP contribution < -0.4 is 0 Å². The number of carbonyl (C=O) groups is 1. The van der Waals surface area contributed by atoms with Gasteiger partial charge in [0.05, 0.1) is 5.75 Å². The largest absolute Gasteiger partial charge is 0.346 e. The molecule has 1 fully saturated rings. The molecule has 132 valence electrons. The van der Waals surface area contributed by atoms with E-state index in [1.165, 1.54) is 11.3 Å². The fourth-order valence-electron chi connectivity index (χ4n) is 2.91. The minimum Gasteiger partial charge on any atom is -0.315 e. The second-order valence-corrected chi connectivity index (χ2v) is 7.95. The number of hydrogen-bond acceptors (Lipinski definition) is 5. The zero-order valence-electron chi connectivity index (χ0n) is 13.8. The van der Waals surface area contributed by atoms with Gasteiger partial charge >= 0.3 is 6.03 Å². The van der Waals surface area contributed by atoms with Crippen molar-refractivity contribution in [2.75, 3.05) is 18.8 Å². The van der Waals surface area contributed by atoms with Crippen molar-refractivity contribution in [2.45, 2.75) is 37.3 Å². The van der Waals surface area contributed by atoms with Crippen LogP contribution in [0.3, 0.4) is 0 Å². The van der Waals surface area contributed by atoms with E-state index in [4.69, 9.17) is 0 Å². The molecule has 1 aliphatic carbocycles. The number of sulfone groups is 1. The zero-order valence-corrected chi connectivity index (χ0v) is 14.6. The maximum atomic E-state index is 12.5. The molecule has 0 spiro atoms. The van der Waals surface area contributed by atoms with E-state index in [0.717, 1.165) is 36.7 Å². The summed E-state index contributed by atoms with van der Waals surface area (Å²) in [6.07, 6.45) is 9.46. The molecule has 8 heteroatoms. The lowest BCUT2D eigenvalue weighted by Crippen LogP contribution is -2.35. The number of aromatic nitrogens is 3. The quantitative estimate of drug-likeness (QED) is 0.703. The van der Waals surface area contributed by atoms with Crippen molar-refractivity contribution < 1.29 is 13.2 Å². The third kappa shape index (κ3) is 4.53. The summed E-state index contributed by atoms with van der Waals surface area (Å²) < 4.78 is 25.9. The first-order valence-electron chi connectivity index (χ1n) is 8.13. The first-order chi connectivity index (χ1) is 11.5. The van der Waals surface area contributed by atoms with Crippen molar-refractivity contribution in [2.24, 2.45) is 5.92 Å². The maximum absolute atomic E-state index is 12.5. The van der Waals surface area contributed by atoms with Crippen molar-refractivity contribution in [1.82, 2.24) is 19.7 Å². The summed E-state index contributed by atoms with van der Waals surface area (Å²) >= 11 is 0. The lowest BCUT2D eigenvalue weighted by Gasteiger charge is -2.20. The molecule has 1 saturated carbocycles. The molecule has 0 aromatic carbocycles. The zero-order chi connectivity index (χ0) is 17.6. The first kappa shape index (κ1) is 18.4. The van der Waals surface area contributed by atoms with E-state index in [0.29, 0.717) is 13.1 Å². The smallest absolute Gasteiger partial charge is 0.315 e. The molecule has 1 aromatic rings. The highest BCUT2D eigenvalue weighted by Crippen LogP contribution is 2.26. The van der Waals surface area contributed by atoms with Crippen molar-refractivity contribution in [3.05, 3.63) is 31.6 Å². The summed E-state index contributed by atoms with van der Waals surface area (Å²) in [6.45, 7) is 7.83. The fourth-order valence-corrected chi connectivity index (χ4v) is 4.43. The molecule has 1 amide bonds. The Morgan fingerprint density at radius 1 is 1.25 bits per heavy atom. The predicted molar refractivity (Wildman–Crippen MR) is 91.4 cm³/mol. The molecule has 0 bridgehead atoms. The summed E-state index contributed by atoms with van der Waals surface area (Å²) in [5.74, 6) is 0.207. The van der Waals surface area contributed by atoms with E-state index >= 15 is 0 Å². The van der Waals surface area contributed by atoms with Gasteiger partial charge in [-0.05, 0) is 18.8 Å². The molecule has 1 aliphatic rings. The van der Waals surface area contributed by atoms with E-state index in [1.54, 1.807) is 12.2 Å². The summed E-state index contributed by atoms with van der Waals surface area (Å²) in [6, 6.07) is -0.457. The number of nitrogens with zero attached hydrogens (tertiary/aromatic N) is 4. The Bertz CT molecular complexity index is 680. The molecule has 2 rings (SSSR count). The van der Waals surface area contributed by atoms with Crippen molar-refractivity contribution in [3.63, 3.8) is 0 Å². The van der Waals surface area contributed by atoms with Gasteiger partial charge in [-0.3, -0.25) is 0 Å². The van der Waals surface area contributed by atoms with Crippen LogP contribution in [0.5, 0.6) is 0 Å². The van der Waals surface area contributed by atoms with E-state index in [1.807, 2.05) is 0 Å². The van der Waals surface area contributed by atoms with Gasteiger partial charge in [0.25, 0.3) is 5.16 Å². The fraction of sp³-hybridized carbons (Fsp3) is 0.562. The van der Waals surface area contributed by atoms with E-state index < -0.39 is 15.9 Å². The standard InChI is InChI=1S/C16H24N4O3S/c1-3-10-19(11-4-2)16(21)20-13-17-15(18-20)24(22,23)12-14-8-6-5-7-9-14/h3-4,13-14H,1-2,5-12H2. The van der Waals surface area contributed by atoms with Crippen LogP contribution in [-0.2, 0) is 9.84 Å². The molecule has 7 nitrogen and oxygen atoms in total. The molecule has 1 heterocycles. The second kappa shape index (κ2) is 8.23. The summed E-state index contributed by atoms with van der Waals surface area (Å²) in [5, 5.41) is 3.61. The second-order valence-electron chi connectivity index (χ2n) is 6.02. The van der Waals surface area contributed by atoms with Gasteiger partial charge in [0.2, 0.25) is 9.84 Å². The minimum absolute atomic E-state index is 0.0498. The van der Waals surface area contributed by atoms with Gasteiger partial charge in [-0.15, -0.1) is 18.3 Å². The Morgan fingerprint density at radius 2 is 1.88 bits per heavy atom. The van der Waals surface area contributed by atoms with Crippen LogP contribution in [0.15, 0.2) is 36.8 Å². The molecular weight excluding hydrogens is 328 g/mol. The van der Waals surface area contributed by atoms with Crippen LogP contribution in [0.25, 0.3) is 0 Å². The van der Waals surface area contributed by atoms with Crippen molar-refractivity contribution in [3.8, 4) is 0 Å².